The van der Waals surface area contributed by atoms with Crippen molar-refractivity contribution in [3.63, 3.8) is 0 Å². The summed E-state index contributed by atoms with van der Waals surface area (Å²) in [5.41, 5.74) is 0. The first kappa shape index (κ1) is 8.30. The fourth-order valence-corrected chi connectivity index (χ4v) is 2.65. The van der Waals surface area contributed by atoms with Crippen molar-refractivity contribution in [3.8, 4) is 0 Å². The average Bonchev–Trinajstić information content (AvgIpc) is 2.04. The minimum atomic E-state index is 0.323. The number of nitrogens with one attached hydrogen (secondary N) is 1. The first-order chi connectivity index (χ1) is 5.77. The number of thiocarbonyl (C=S) groups is 1. The molecule has 0 bridgehead atoms. The van der Waals surface area contributed by atoms with Crippen LogP contribution in [0.4, 0.5) is 0 Å². The SMILES string of the molecule is C[C@@H]1OC(=S)N[C@H]2CCCC[C@@H]21. The highest BCUT2D eigenvalue weighted by Gasteiger charge is 2.35. The summed E-state index contributed by atoms with van der Waals surface area (Å²) in [6.07, 6.45) is 5.57. The van der Waals surface area contributed by atoms with Crippen LogP contribution in [0.15, 0.2) is 0 Å². The van der Waals surface area contributed by atoms with E-state index in [9.17, 15) is 0 Å². The van der Waals surface area contributed by atoms with Crippen molar-refractivity contribution in [1.82, 2.24) is 5.32 Å². The van der Waals surface area contributed by atoms with E-state index in [1.165, 1.54) is 25.7 Å². The van der Waals surface area contributed by atoms with Crippen molar-refractivity contribution in [2.45, 2.75) is 44.8 Å². The first-order valence-electron chi connectivity index (χ1n) is 4.74. The van der Waals surface area contributed by atoms with Gasteiger partial charge in [0.25, 0.3) is 5.17 Å². The number of hydrogen-bond donors (Lipinski definition) is 1. The Morgan fingerprint density at radius 1 is 1.42 bits per heavy atom. The molecule has 2 fully saturated rings. The van der Waals surface area contributed by atoms with Crippen LogP contribution in [-0.4, -0.2) is 17.3 Å². The molecule has 0 aromatic heterocycles. The van der Waals surface area contributed by atoms with E-state index < -0.39 is 0 Å². The van der Waals surface area contributed by atoms with E-state index in [2.05, 4.69) is 12.2 Å². The second-order valence-corrected chi connectivity index (χ2v) is 4.18. The van der Waals surface area contributed by atoms with Crippen LogP contribution in [0.3, 0.4) is 0 Å². The molecule has 0 aromatic carbocycles. The third-order valence-electron chi connectivity index (χ3n) is 3.02. The highest BCUT2D eigenvalue weighted by molar-refractivity contribution is 7.80. The van der Waals surface area contributed by atoms with Gasteiger partial charge in [0, 0.05) is 12.0 Å². The lowest BCUT2D eigenvalue weighted by Gasteiger charge is -2.40. The summed E-state index contributed by atoms with van der Waals surface area (Å²) in [7, 11) is 0. The molecule has 1 N–H and O–H groups in total. The Kier molecular flexibility index (Phi) is 2.22. The smallest absolute Gasteiger partial charge is 0.257 e. The molecular weight excluding hydrogens is 170 g/mol. The van der Waals surface area contributed by atoms with Crippen molar-refractivity contribution in [2.75, 3.05) is 0 Å². The molecule has 3 atom stereocenters. The Balaban J connectivity index is 2.06. The molecule has 0 unspecified atom stereocenters. The molecule has 2 aliphatic rings. The van der Waals surface area contributed by atoms with Gasteiger partial charge < -0.3 is 10.1 Å². The van der Waals surface area contributed by atoms with Crippen molar-refractivity contribution in [2.24, 2.45) is 5.92 Å². The molecule has 0 spiro atoms. The summed E-state index contributed by atoms with van der Waals surface area (Å²) in [5, 5.41) is 3.86. The molecular formula is C9H15NOS. The molecule has 0 amide bonds. The number of ether oxygens (including phenoxy) is 1. The van der Waals surface area contributed by atoms with Crippen molar-refractivity contribution < 1.29 is 4.74 Å². The predicted octanol–water partition coefficient (Wildman–Crippen LogP) is 1.84. The van der Waals surface area contributed by atoms with Gasteiger partial charge in [-0.05, 0) is 32.0 Å². The summed E-state index contributed by atoms with van der Waals surface area (Å²) in [4.78, 5) is 0. The largest absolute Gasteiger partial charge is 0.468 e. The molecule has 2 nitrogen and oxygen atoms in total. The second kappa shape index (κ2) is 3.21. The summed E-state index contributed by atoms with van der Waals surface area (Å²) in [5.74, 6) is 0.686. The molecule has 1 aliphatic carbocycles. The van der Waals surface area contributed by atoms with Gasteiger partial charge in [0.1, 0.15) is 6.10 Å². The van der Waals surface area contributed by atoms with Gasteiger partial charge in [0.15, 0.2) is 0 Å². The van der Waals surface area contributed by atoms with E-state index in [4.69, 9.17) is 17.0 Å². The average molecular weight is 185 g/mol. The third-order valence-corrected chi connectivity index (χ3v) is 3.23. The van der Waals surface area contributed by atoms with Gasteiger partial charge in [-0.1, -0.05) is 12.8 Å². The normalized spacial score (nSPS) is 41.1. The predicted molar refractivity (Wildman–Crippen MR) is 52.0 cm³/mol. The minimum absolute atomic E-state index is 0.323. The quantitative estimate of drug-likeness (QED) is 0.582. The van der Waals surface area contributed by atoms with Crippen LogP contribution in [0.5, 0.6) is 0 Å². The van der Waals surface area contributed by atoms with E-state index in [1.807, 2.05) is 0 Å². The van der Waals surface area contributed by atoms with Gasteiger partial charge in [-0.25, -0.2) is 0 Å². The summed E-state index contributed by atoms with van der Waals surface area (Å²) < 4.78 is 5.48. The van der Waals surface area contributed by atoms with Crippen LogP contribution in [-0.2, 0) is 4.74 Å². The molecule has 1 saturated heterocycles. The first-order valence-corrected chi connectivity index (χ1v) is 5.15. The van der Waals surface area contributed by atoms with Crippen LogP contribution < -0.4 is 5.32 Å². The Morgan fingerprint density at radius 3 is 3.00 bits per heavy atom. The zero-order chi connectivity index (χ0) is 8.55. The van der Waals surface area contributed by atoms with Crippen molar-refractivity contribution >= 4 is 17.4 Å². The summed E-state index contributed by atoms with van der Waals surface area (Å²) >= 11 is 5.02. The van der Waals surface area contributed by atoms with E-state index in [0.29, 0.717) is 23.2 Å². The van der Waals surface area contributed by atoms with Crippen molar-refractivity contribution in [1.29, 1.82) is 0 Å². The lowest BCUT2D eigenvalue weighted by Crippen LogP contribution is -2.52. The maximum Gasteiger partial charge on any atom is 0.257 e. The fourth-order valence-electron chi connectivity index (χ4n) is 2.34. The molecule has 1 heterocycles. The Hall–Kier alpha value is -0.310. The van der Waals surface area contributed by atoms with E-state index in [1.54, 1.807) is 0 Å². The maximum absolute atomic E-state index is 5.48. The van der Waals surface area contributed by atoms with Crippen LogP contribution in [0, 0.1) is 5.92 Å². The molecule has 1 saturated carbocycles. The highest BCUT2D eigenvalue weighted by atomic mass is 32.1. The van der Waals surface area contributed by atoms with Crippen LogP contribution >= 0.6 is 12.2 Å². The molecule has 12 heavy (non-hydrogen) atoms. The monoisotopic (exact) mass is 185 g/mol. The molecule has 1 aliphatic heterocycles. The molecule has 2 rings (SSSR count). The summed E-state index contributed by atoms with van der Waals surface area (Å²) in [6.45, 7) is 2.14. The van der Waals surface area contributed by atoms with E-state index >= 15 is 0 Å². The lowest BCUT2D eigenvalue weighted by atomic mass is 9.81. The zero-order valence-electron chi connectivity index (χ0n) is 7.38. The van der Waals surface area contributed by atoms with Crippen LogP contribution in [0.25, 0.3) is 0 Å². The van der Waals surface area contributed by atoms with Crippen molar-refractivity contribution in [3.05, 3.63) is 0 Å². The highest BCUT2D eigenvalue weighted by Crippen LogP contribution is 2.30. The topological polar surface area (TPSA) is 21.3 Å². The summed E-state index contributed by atoms with van der Waals surface area (Å²) in [6, 6.07) is 0.593. The molecule has 3 heteroatoms. The molecule has 0 aromatic rings. The number of fused-ring (bicyclic) bond motifs is 1. The van der Waals surface area contributed by atoms with Gasteiger partial charge in [0.2, 0.25) is 0 Å². The second-order valence-electron chi connectivity index (χ2n) is 3.81. The van der Waals surface area contributed by atoms with Gasteiger partial charge in [-0.3, -0.25) is 0 Å². The standard InChI is InChI=1S/C9H15NOS/c1-6-7-4-2-3-5-8(7)10-9(12)11-6/h6-8H,2-5H2,1H3,(H,10,12)/t6-,7+,8-/m0/s1. The Labute approximate surface area is 78.7 Å². The Morgan fingerprint density at radius 2 is 2.17 bits per heavy atom. The van der Waals surface area contributed by atoms with Gasteiger partial charge >= 0.3 is 0 Å². The van der Waals surface area contributed by atoms with Crippen LogP contribution in [0.1, 0.15) is 32.6 Å². The van der Waals surface area contributed by atoms with Crippen LogP contribution in [0.2, 0.25) is 0 Å². The third kappa shape index (κ3) is 1.42. The van der Waals surface area contributed by atoms with E-state index in [0.717, 1.165) is 0 Å². The molecule has 68 valence electrons. The minimum Gasteiger partial charge on any atom is -0.468 e. The lowest BCUT2D eigenvalue weighted by molar-refractivity contribution is 0.0583. The maximum atomic E-state index is 5.48. The Bertz CT molecular complexity index is 195. The number of hydrogen-bond acceptors (Lipinski definition) is 2. The number of rotatable bonds is 0. The van der Waals surface area contributed by atoms with E-state index in [-0.39, 0.29) is 0 Å². The molecule has 0 radical (unpaired) electrons. The van der Waals surface area contributed by atoms with Gasteiger partial charge in [-0.15, -0.1) is 0 Å². The zero-order valence-corrected chi connectivity index (χ0v) is 8.19. The fraction of sp³-hybridized carbons (Fsp3) is 0.889. The van der Waals surface area contributed by atoms with Gasteiger partial charge in [0.05, 0.1) is 0 Å². The van der Waals surface area contributed by atoms with Gasteiger partial charge in [-0.2, -0.15) is 0 Å².